The van der Waals surface area contributed by atoms with Gasteiger partial charge in [-0.3, -0.25) is 4.79 Å². The Morgan fingerprint density at radius 3 is 2.44 bits per heavy atom. The standard InChI is InChI=1S/C29H33N3O2/c33-23-4-1-3-19(14-23)9-10-30-27-8-7-24-25(31-27)5-2-6-26(24)32-28(34)18-29-15-20-11-21(16-29)13-22(12-20)17-29/h1-8,14,20-22,33H,9-13,15-18H2,(H,30,31)(H,32,34). The smallest absolute Gasteiger partial charge is 0.224 e. The van der Waals surface area contributed by atoms with Crippen LogP contribution in [0.1, 0.15) is 50.5 Å². The summed E-state index contributed by atoms with van der Waals surface area (Å²) in [4.78, 5) is 17.9. The number of aromatic hydroxyl groups is 1. The van der Waals surface area contributed by atoms with Gasteiger partial charge in [-0.25, -0.2) is 4.98 Å². The van der Waals surface area contributed by atoms with Crippen molar-refractivity contribution in [3.8, 4) is 5.75 Å². The number of pyridine rings is 1. The summed E-state index contributed by atoms with van der Waals surface area (Å²) in [5.41, 5.74) is 3.05. The summed E-state index contributed by atoms with van der Waals surface area (Å²) in [7, 11) is 0. The van der Waals surface area contributed by atoms with Crippen LogP contribution in [0, 0.1) is 23.2 Å². The highest BCUT2D eigenvalue weighted by Crippen LogP contribution is 2.61. The second-order valence-corrected chi connectivity index (χ2v) is 11.1. The molecule has 7 rings (SSSR count). The molecule has 1 heterocycles. The van der Waals surface area contributed by atoms with Crippen molar-refractivity contribution < 1.29 is 9.90 Å². The quantitative estimate of drug-likeness (QED) is 0.400. The van der Waals surface area contributed by atoms with E-state index >= 15 is 0 Å². The van der Waals surface area contributed by atoms with Crippen molar-refractivity contribution in [2.75, 3.05) is 17.2 Å². The molecule has 3 aromatic rings. The van der Waals surface area contributed by atoms with Crippen LogP contribution in [0.25, 0.3) is 10.9 Å². The molecule has 176 valence electrons. The zero-order valence-corrected chi connectivity index (χ0v) is 19.6. The molecule has 0 unspecified atom stereocenters. The van der Waals surface area contributed by atoms with Crippen molar-refractivity contribution >= 4 is 28.3 Å². The van der Waals surface area contributed by atoms with Crippen LogP contribution in [-0.4, -0.2) is 22.5 Å². The lowest BCUT2D eigenvalue weighted by molar-refractivity contribution is -0.124. The molecular formula is C29H33N3O2. The molecule has 5 heteroatoms. The summed E-state index contributed by atoms with van der Waals surface area (Å²) in [6, 6.07) is 17.3. The maximum absolute atomic E-state index is 13.1. The lowest BCUT2D eigenvalue weighted by atomic mass is 9.49. The predicted octanol–water partition coefficient (Wildman–Crippen LogP) is 6.14. The van der Waals surface area contributed by atoms with Gasteiger partial charge in [-0.1, -0.05) is 18.2 Å². The molecule has 5 nitrogen and oxygen atoms in total. The van der Waals surface area contributed by atoms with Gasteiger partial charge >= 0.3 is 0 Å². The minimum absolute atomic E-state index is 0.155. The lowest BCUT2D eigenvalue weighted by Gasteiger charge is -2.56. The van der Waals surface area contributed by atoms with Gasteiger partial charge in [0.1, 0.15) is 11.6 Å². The number of hydrogen-bond acceptors (Lipinski definition) is 4. The first-order valence-corrected chi connectivity index (χ1v) is 12.8. The van der Waals surface area contributed by atoms with Gasteiger partial charge < -0.3 is 15.7 Å². The summed E-state index contributed by atoms with van der Waals surface area (Å²) in [6.07, 6.45) is 9.42. The Morgan fingerprint density at radius 1 is 0.971 bits per heavy atom. The summed E-state index contributed by atoms with van der Waals surface area (Å²) in [5.74, 6) is 3.84. The topological polar surface area (TPSA) is 74.2 Å². The first-order valence-electron chi connectivity index (χ1n) is 12.8. The molecule has 0 aliphatic heterocycles. The van der Waals surface area contributed by atoms with Gasteiger partial charge in [0.2, 0.25) is 5.91 Å². The van der Waals surface area contributed by atoms with Gasteiger partial charge in [0.05, 0.1) is 11.2 Å². The number of aromatic nitrogens is 1. The normalized spacial score (nSPS) is 27.1. The Balaban J connectivity index is 1.11. The van der Waals surface area contributed by atoms with Crippen LogP contribution >= 0.6 is 0 Å². The Morgan fingerprint density at radius 2 is 1.71 bits per heavy atom. The number of phenols is 1. The molecule has 1 aromatic heterocycles. The zero-order valence-electron chi connectivity index (χ0n) is 19.6. The minimum Gasteiger partial charge on any atom is -0.508 e. The second kappa shape index (κ2) is 8.61. The van der Waals surface area contributed by atoms with Gasteiger partial charge in [-0.2, -0.15) is 0 Å². The third kappa shape index (κ3) is 4.36. The van der Waals surface area contributed by atoms with Crippen LogP contribution < -0.4 is 10.6 Å². The molecule has 3 N–H and O–H groups in total. The molecule has 4 aliphatic carbocycles. The minimum atomic E-state index is 0.155. The molecule has 4 fully saturated rings. The number of phenolic OH excluding ortho intramolecular Hbond substituents is 1. The van der Waals surface area contributed by atoms with Crippen molar-refractivity contribution in [2.45, 2.75) is 51.4 Å². The fourth-order valence-electron chi connectivity index (χ4n) is 7.45. The summed E-state index contributed by atoms with van der Waals surface area (Å²) in [5, 5.41) is 17.2. The highest BCUT2D eigenvalue weighted by molar-refractivity contribution is 6.01. The number of anilines is 2. The predicted molar refractivity (Wildman–Crippen MR) is 136 cm³/mol. The molecule has 4 aliphatic rings. The third-order valence-corrected chi connectivity index (χ3v) is 8.34. The van der Waals surface area contributed by atoms with E-state index in [1.54, 1.807) is 12.1 Å². The third-order valence-electron chi connectivity index (χ3n) is 8.34. The van der Waals surface area contributed by atoms with Gasteiger partial charge in [0.15, 0.2) is 0 Å². The first-order chi connectivity index (χ1) is 16.5. The van der Waals surface area contributed by atoms with E-state index in [0.29, 0.717) is 12.2 Å². The van der Waals surface area contributed by atoms with Gasteiger partial charge in [-0.05, 0) is 110 Å². The number of carbonyl (C=O) groups excluding carboxylic acids is 1. The number of rotatable bonds is 7. The summed E-state index contributed by atoms with van der Waals surface area (Å²) >= 11 is 0. The molecule has 4 bridgehead atoms. The average molecular weight is 456 g/mol. The second-order valence-electron chi connectivity index (χ2n) is 11.1. The monoisotopic (exact) mass is 455 g/mol. The highest BCUT2D eigenvalue weighted by Gasteiger charge is 2.51. The van der Waals surface area contributed by atoms with Crippen LogP contribution in [0.15, 0.2) is 54.6 Å². The molecule has 1 amide bonds. The highest BCUT2D eigenvalue weighted by atomic mass is 16.3. The van der Waals surface area contributed by atoms with Crippen molar-refractivity contribution in [2.24, 2.45) is 23.2 Å². The average Bonchev–Trinajstić information content (AvgIpc) is 2.78. The van der Waals surface area contributed by atoms with Crippen molar-refractivity contribution in [1.29, 1.82) is 0 Å². The Labute approximate surface area is 201 Å². The number of carbonyl (C=O) groups is 1. The van der Waals surface area contributed by atoms with E-state index < -0.39 is 0 Å². The Hall–Kier alpha value is -3.08. The molecule has 0 radical (unpaired) electrons. The summed E-state index contributed by atoms with van der Waals surface area (Å²) in [6.45, 7) is 0.726. The lowest BCUT2D eigenvalue weighted by Crippen LogP contribution is -2.47. The molecule has 0 spiro atoms. The van der Waals surface area contributed by atoms with Crippen LogP contribution in [0.3, 0.4) is 0 Å². The Kier molecular flexibility index (Phi) is 5.43. The van der Waals surface area contributed by atoms with Gasteiger partial charge in [0, 0.05) is 18.4 Å². The molecule has 0 saturated heterocycles. The van der Waals surface area contributed by atoms with Crippen molar-refractivity contribution in [1.82, 2.24) is 4.98 Å². The van der Waals surface area contributed by atoms with Gasteiger partial charge in [0.25, 0.3) is 0 Å². The first kappa shape index (κ1) is 21.5. The Bertz CT molecular complexity index is 1190. The van der Waals surface area contributed by atoms with E-state index in [1.807, 2.05) is 42.5 Å². The molecule has 34 heavy (non-hydrogen) atoms. The zero-order chi connectivity index (χ0) is 23.1. The number of nitrogens with zero attached hydrogens (tertiary/aromatic N) is 1. The fourth-order valence-corrected chi connectivity index (χ4v) is 7.45. The largest absolute Gasteiger partial charge is 0.508 e. The number of amides is 1. The van der Waals surface area contributed by atoms with Gasteiger partial charge in [-0.15, -0.1) is 0 Å². The van der Waals surface area contributed by atoms with E-state index in [1.165, 1.54) is 38.5 Å². The molecule has 0 atom stereocenters. The maximum Gasteiger partial charge on any atom is 0.224 e. The van der Waals surface area contributed by atoms with Crippen LogP contribution in [0.4, 0.5) is 11.5 Å². The van der Waals surface area contributed by atoms with E-state index in [0.717, 1.165) is 58.7 Å². The van der Waals surface area contributed by atoms with E-state index in [2.05, 4.69) is 10.6 Å². The SMILES string of the molecule is O=C(CC12CC3CC(CC(C3)C1)C2)Nc1cccc2nc(NCCc3cccc(O)c3)ccc12. The molecular weight excluding hydrogens is 422 g/mol. The van der Waals surface area contributed by atoms with E-state index in [4.69, 9.17) is 4.98 Å². The van der Waals surface area contributed by atoms with Crippen LogP contribution in [0.2, 0.25) is 0 Å². The maximum atomic E-state index is 13.1. The number of fused-ring (bicyclic) bond motifs is 1. The van der Waals surface area contributed by atoms with Crippen molar-refractivity contribution in [3.05, 3.63) is 60.2 Å². The van der Waals surface area contributed by atoms with E-state index in [9.17, 15) is 9.90 Å². The van der Waals surface area contributed by atoms with E-state index in [-0.39, 0.29) is 11.3 Å². The fraction of sp³-hybridized carbons (Fsp3) is 0.448. The van der Waals surface area contributed by atoms with Crippen molar-refractivity contribution in [3.63, 3.8) is 0 Å². The van der Waals surface area contributed by atoms with Crippen LogP contribution in [0.5, 0.6) is 5.75 Å². The van der Waals surface area contributed by atoms with Crippen LogP contribution in [-0.2, 0) is 11.2 Å². The number of benzene rings is 2. The number of nitrogens with one attached hydrogen (secondary N) is 2. The molecule has 2 aromatic carbocycles. The molecule has 4 saturated carbocycles. The number of hydrogen-bond donors (Lipinski definition) is 3. The summed E-state index contributed by atoms with van der Waals surface area (Å²) < 4.78 is 0.